The van der Waals surface area contributed by atoms with Crippen molar-refractivity contribution in [3.63, 3.8) is 0 Å². The number of halogens is 1. The topological polar surface area (TPSA) is 30.5 Å². The molecule has 21 heavy (non-hydrogen) atoms. The predicted molar refractivity (Wildman–Crippen MR) is 84.2 cm³/mol. The summed E-state index contributed by atoms with van der Waals surface area (Å²) in [5, 5.41) is 3.22. The van der Waals surface area contributed by atoms with E-state index < -0.39 is 0 Å². The van der Waals surface area contributed by atoms with Crippen molar-refractivity contribution in [3.8, 4) is 5.75 Å². The smallest absolute Gasteiger partial charge is 0.123 e. The summed E-state index contributed by atoms with van der Waals surface area (Å²) in [5.41, 5.74) is 0.861. The van der Waals surface area contributed by atoms with Gasteiger partial charge in [-0.2, -0.15) is 0 Å². The van der Waals surface area contributed by atoms with E-state index in [-0.39, 0.29) is 5.82 Å². The minimum Gasteiger partial charge on any atom is -0.493 e. The first-order valence-electron chi connectivity index (χ1n) is 7.88. The highest BCUT2D eigenvalue weighted by atomic mass is 19.1. The Hall–Kier alpha value is -1.13. The molecule has 3 nitrogen and oxygen atoms in total. The molecule has 1 aromatic rings. The fourth-order valence-corrected chi connectivity index (χ4v) is 2.11. The van der Waals surface area contributed by atoms with E-state index in [0.717, 1.165) is 24.3 Å². The van der Waals surface area contributed by atoms with Gasteiger partial charge in [-0.25, -0.2) is 4.39 Å². The second kappa shape index (κ2) is 11.5. The third kappa shape index (κ3) is 8.02. The maximum absolute atomic E-state index is 13.3. The van der Waals surface area contributed by atoms with Crippen LogP contribution in [0.1, 0.15) is 44.6 Å². The maximum atomic E-state index is 13.3. The summed E-state index contributed by atoms with van der Waals surface area (Å²) < 4.78 is 24.1. The number of benzene rings is 1. The van der Waals surface area contributed by atoms with Crippen molar-refractivity contribution < 1.29 is 13.9 Å². The molecule has 0 unspecified atom stereocenters. The van der Waals surface area contributed by atoms with E-state index >= 15 is 0 Å². The van der Waals surface area contributed by atoms with Crippen LogP contribution in [0.4, 0.5) is 4.39 Å². The quantitative estimate of drug-likeness (QED) is 0.593. The molecule has 120 valence electrons. The molecule has 0 saturated carbocycles. The van der Waals surface area contributed by atoms with Crippen molar-refractivity contribution >= 4 is 0 Å². The molecule has 0 saturated heterocycles. The van der Waals surface area contributed by atoms with Gasteiger partial charge in [0.2, 0.25) is 0 Å². The lowest BCUT2D eigenvalue weighted by Crippen LogP contribution is -2.19. The zero-order valence-electron chi connectivity index (χ0n) is 13.3. The van der Waals surface area contributed by atoms with E-state index in [9.17, 15) is 4.39 Å². The fourth-order valence-electron chi connectivity index (χ4n) is 2.11. The lowest BCUT2D eigenvalue weighted by molar-refractivity contribution is 0.199. The average molecular weight is 297 g/mol. The minimum absolute atomic E-state index is 0.228. The summed E-state index contributed by atoms with van der Waals surface area (Å²) in [7, 11) is 1.66. The van der Waals surface area contributed by atoms with Crippen molar-refractivity contribution in [3.05, 3.63) is 29.6 Å². The Bertz CT molecular complexity index is 385. The number of methoxy groups -OCH3 is 1. The summed E-state index contributed by atoms with van der Waals surface area (Å²) >= 11 is 0. The second-order valence-electron chi connectivity index (χ2n) is 5.18. The van der Waals surface area contributed by atoms with Crippen LogP contribution in [0.2, 0.25) is 0 Å². The van der Waals surface area contributed by atoms with Crippen LogP contribution in [0, 0.1) is 5.82 Å². The monoisotopic (exact) mass is 297 g/mol. The highest BCUT2D eigenvalue weighted by Crippen LogP contribution is 2.20. The Morgan fingerprint density at radius 3 is 2.67 bits per heavy atom. The Morgan fingerprint density at radius 2 is 1.90 bits per heavy atom. The van der Waals surface area contributed by atoms with Crippen molar-refractivity contribution in [2.75, 3.05) is 26.9 Å². The third-order valence-corrected chi connectivity index (χ3v) is 3.33. The second-order valence-corrected chi connectivity index (χ2v) is 5.18. The Morgan fingerprint density at radius 1 is 1.10 bits per heavy atom. The highest BCUT2D eigenvalue weighted by molar-refractivity contribution is 5.33. The third-order valence-electron chi connectivity index (χ3n) is 3.33. The summed E-state index contributed by atoms with van der Waals surface area (Å²) in [6, 6.07) is 4.70. The number of rotatable bonds is 12. The SMILES string of the molecule is CCCCCCCOc1ccc(F)cc1CNCCOC. The number of nitrogens with one attached hydrogen (secondary N) is 1. The molecule has 0 heterocycles. The first kappa shape index (κ1) is 17.9. The molecule has 0 aliphatic rings. The number of unbranched alkanes of at least 4 members (excludes halogenated alkanes) is 4. The van der Waals surface area contributed by atoms with Gasteiger partial charge in [-0.05, 0) is 24.6 Å². The Kier molecular flexibility index (Phi) is 9.83. The predicted octanol–water partition coefficient (Wildman–Crippen LogP) is 3.91. The van der Waals surface area contributed by atoms with Crippen molar-refractivity contribution in [2.24, 2.45) is 0 Å². The van der Waals surface area contributed by atoms with Crippen molar-refractivity contribution in [2.45, 2.75) is 45.6 Å². The molecule has 0 bridgehead atoms. The van der Waals surface area contributed by atoms with E-state index in [0.29, 0.717) is 19.8 Å². The molecular formula is C17H28FNO2. The van der Waals surface area contributed by atoms with Crippen LogP contribution >= 0.6 is 0 Å². The van der Waals surface area contributed by atoms with Crippen LogP contribution in [-0.2, 0) is 11.3 Å². The zero-order chi connectivity index (χ0) is 15.3. The van der Waals surface area contributed by atoms with Crippen LogP contribution in [0.3, 0.4) is 0 Å². The molecule has 0 fully saturated rings. The van der Waals surface area contributed by atoms with Gasteiger partial charge >= 0.3 is 0 Å². The molecule has 0 aliphatic carbocycles. The van der Waals surface area contributed by atoms with E-state index in [1.54, 1.807) is 13.2 Å². The standard InChI is InChI=1S/C17H28FNO2/c1-3-4-5-6-7-11-21-17-9-8-16(18)13-15(17)14-19-10-12-20-2/h8-9,13,19H,3-7,10-12,14H2,1-2H3. The largest absolute Gasteiger partial charge is 0.493 e. The van der Waals surface area contributed by atoms with Crippen LogP contribution in [0.25, 0.3) is 0 Å². The molecule has 0 amide bonds. The van der Waals surface area contributed by atoms with Gasteiger partial charge in [-0.3, -0.25) is 0 Å². The minimum atomic E-state index is -0.228. The van der Waals surface area contributed by atoms with Gasteiger partial charge in [0.15, 0.2) is 0 Å². The average Bonchev–Trinajstić information content (AvgIpc) is 2.49. The number of ether oxygens (including phenoxy) is 2. The van der Waals surface area contributed by atoms with E-state index in [4.69, 9.17) is 9.47 Å². The van der Waals surface area contributed by atoms with Gasteiger partial charge in [0, 0.05) is 25.8 Å². The summed E-state index contributed by atoms with van der Waals surface area (Å²) in [4.78, 5) is 0. The normalized spacial score (nSPS) is 10.8. The molecule has 0 aliphatic heterocycles. The Labute approximate surface area is 127 Å². The maximum Gasteiger partial charge on any atom is 0.123 e. The lowest BCUT2D eigenvalue weighted by Gasteiger charge is -2.12. The molecule has 1 aromatic carbocycles. The van der Waals surface area contributed by atoms with Crippen LogP contribution in [0.5, 0.6) is 5.75 Å². The highest BCUT2D eigenvalue weighted by Gasteiger charge is 2.05. The van der Waals surface area contributed by atoms with Gasteiger partial charge in [-0.1, -0.05) is 32.6 Å². The molecule has 0 spiro atoms. The van der Waals surface area contributed by atoms with Crippen LogP contribution in [0.15, 0.2) is 18.2 Å². The molecule has 0 atom stereocenters. The lowest BCUT2D eigenvalue weighted by atomic mass is 10.1. The summed E-state index contributed by atoms with van der Waals surface area (Å²) in [6.45, 7) is 4.87. The van der Waals surface area contributed by atoms with E-state index in [2.05, 4.69) is 12.2 Å². The van der Waals surface area contributed by atoms with Gasteiger partial charge in [0.1, 0.15) is 11.6 Å². The summed E-state index contributed by atoms with van der Waals surface area (Å²) in [5.74, 6) is 0.547. The number of hydrogen-bond acceptors (Lipinski definition) is 3. The number of hydrogen-bond donors (Lipinski definition) is 1. The van der Waals surface area contributed by atoms with Crippen molar-refractivity contribution in [1.82, 2.24) is 5.32 Å². The van der Waals surface area contributed by atoms with Gasteiger partial charge in [-0.15, -0.1) is 0 Å². The molecule has 0 aromatic heterocycles. The van der Waals surface area contributed by atoms with Crippen molar-refractivity contribution in [1.29, 1.82) is 0 Å². The van der Waals surface area contributed by atoms with Gasteiger partial charge in [0.05, 0.1) is 13.2 Å². The fraction of sp³-hybridized carbons (Fsp3) is 0.647. The Balaban J connectivity index is 2.37. The van der Waals surface area contributed by atoms with Crippen LogP contribution in [-0.4, -0.2) is 26.9 Å². The van der Waals surface area contributed by atoms with E-state index in [1.807, 2.05) is 0 Å². The molecule has 0 radical (unpaired) electrons. The first-order valence-corrected chi connectivity index (χ1v) is 7.88. The molecule has 1 rings (SSSR count). The van der Waals surface area contributed by atoms with Gasteiger partial charge in [0.25, 0.3) is 0 Å². The molecule has 1 N–H and O–H groups in total. The van der Waals surface area contributed by atoms with E-state index in [1.165, 1.54) is 37.8 Å². The molecular weight excluding hydrogens is 269 g/mol. The summed E-state index contributed by atoms with van der Waals surface area (Å²) in [6.07, 6.45) is 6.03. The zero-order valence-corrected chi connectivity index (χ0v) is 13.3. The van der Waals surface area contributed by atoms with Crippen LogP contribution < -0.4 is 10.1 Å². The first-order chi connectivity index (χ1) is 10.3. The van der Waals surface area contributed by atoms with Gasteiger partial charge < -0.3 is 14.8 Å². The molecule has 4 heteroatoms.